The Balaban J connectivity index is 1.71. The van der Waals surface area contributed by atoms with Crippen LogP contribution in [0.15, 0.2) is 42.5 Å². The lowest BCUT2D eigenvalue weighted by atomic mass is 10.2. The van der Waals surface area contributed by atoms with E-state index in [1.54, 1.807) is 24.3 Å². The lowest BCUT2D eigenvalue weighted by Crippen LogP contribution is -1.94. The Hall–Kier alpha value is -3.00. The molecule has 2 aromatic heterocycles. The Labute approximate surface area is 143 Å². The van der Waals surface area contributed by atoms with E-state index in [-0.39, 0.29) is 17.2 Å². The summed E-state index contributed by atoms with van der Waals surface area (Å²) in [6, 6.07) is 9.13. The molecule has 2 aromatic carbocycles. The molecular weight excluding hydrogens is 349 g/mol. The molecule has 25 heavy (non-hydrogen) atoms. The second kappa shape index (κ2) is 6.14. The monoisotopic (exact) mass is 358 g/mol. The fourth-order valence-corrected chi connectivity index (χ4v) is 3.02. The Kier molecular flexibility index (Phi) is 3.81. The van der Waals surface area contributed by atoms with Crippen LogP contribution in [0.4, 0.5) is 13.2 Å². The summed E-state index contributed by atoms with van der Waals surface area (Å²) < 4.78 is 41.6. The lowest BCUT2D eigenvalue weighted by Gasteiger charge is -1.99. The molecule has 0 amide bonds. The SMILES string of the molecule is Fc1ccc(/C=C/c2nn3c(-c4cc(F)ccc4F)nnc3s2)cc1. The fourth-order valence-electron chi connectivity index (χ4n) is 2.28. The lowest BCUT2D eigenvalue weighted by molar-refractivity contribution is 0.601. The van der Waals surface area contributed by atoms with Gasteiger partial charge >= 0.3 is 0 Å². The Bertz CT molecular complexity index is 1080. The maximum Gasteiger partial charge on any atom is 0.235 e. The Morgan fingerprint density at radius 1 is 0.880 bits per heavy atom. The second-order valence-corrected chi connectivity index (χ2v) is 6.15. The third kappa shape index (κ3) is 3.03. The van der Waals surface area contributed by atoms with E-state index in [4.69, 9.17) is 0 Å². The van der Waals surface area contributed by atoms with Crippen LogP contribution < -0.4 is 0 Å². The van der Waals surface area contributed by atoms with Crippen molar-refractivity contribution in [3.8, 4) is 11.4 Å². The Morgan fingerprint density at radius 2 is 1.64 bits per heavy atom. The number of benzene rings is 2. The standard InChI is InChI=1S/C17H9F3N4S/c18-11-4-1-10(2-5-11)3-8-15-23-24-16(21-22-17(24)25-15)13-9-12(19)6-7-14(13)20/h1-9H/b8-3+. The van der Waals surface area contributed by atoms with Crippen LogP contribution in [0.1, 0.15) is 10.6 Å². The zero-order chi connectivity index (χ0) is 17.4. The van der Waals surface area contributed by atoms with Crippen LogP contribution in [-0.2, 0) is 0 Å². The molecule has 0 aliphatic rings. The van der Waals surface area contributed by atoms with Crippen molar-refractivity contribution in [2.75, 3.05) is 0 Å². The van der Waals surface area contributed by atoms with Crippen LogP contribution in [0.25, 0.3) is 28.5 Å². The first kappa shape index (κ1) is 15.5. The first-order chi connectivity index (χ1) is 12.1. The molecule has 0 atom stereocenters. The fraction of sp³-hybridized carbons (Fsp3) is 0. The van der Waals surface area contributed by atoms with E-state index in [0.29, 0.717) is 9.97 Å². The average Bonchev–Trinajstić information content (AvgIpc) is 3.17. The van der Waals surface area contributed by atoms with Gasteiger partial charge in [0.1, 0.15) is 22.5 Å². The molecule has 0 saturated heterocycles. The molecule has 4 nitrogen and oxygen atoms in total. The molecule has 4 aromatic rings. The van der Waals surface area contributed by atoms with Gasteiger partial charge in [0.15, 0.2) is 5.82 Å². The van der Waals surface area contributed by atoms with Gasteiger partial charge in [-0.1, -0.05) is 29.5 Å². The van der Waals surface area contributed by atoms with Crippen molar-refractivity contribution >= 4 is 28.4 Å². The van der Waals surface area contributed by atoms with E-state index in [9.17, 15) is 13.2 Å². The number of halogens is 3. The van der Waals surface area contributed by atoms with Gasteiger partial charge in [-0.2, -0.15) is 9.61 Å². The van der Waals surface area contributed by atoms with E-state index in [0.717, 1.165) is 23.8 Å². The van der Waals surface area contributed by atoms with Crippen molar-refractivity contribution in [3.63, 3.8) is 0 Å². The van der Waals surface area contributed by atoms with Crippen LogP contribution in [0.3, 0.4) is 0 Å². The summed E-state index contributed by atoms with van der Waals surface area (Å²) in [5.74, 6) is -1.35. The molecule has 0 radical (unpaired) electrons. The third-order valence-corrected chi connectivity index (χ3v) is 4.33. The summed E-state index contributed by atoms with van der Waals surface area (Å²) in [6.07, 6.45) is 3.51. The molecule has 0 aliphatic heterocycles. The van der Waals surface area contributed by atoms with E-state index < -0.39 is 11.6 Å². The zero-order valence-corrected chi connectivity index (χ0v) is 13.3. The van der Waals surface area contributed by atoms with Crippen molar-refractivity contribution in [2.24, 2.45) is 0 Å². The van der Waals surface area contributed by atoms with Gasteiger partial charge in [0, 0.05) is 0 Å². The van der Waals surface area contributed by atoms with Gasteiger partial charge < -0.3 is 0 Å². The topological polar surface area (TPSA) is 43.1 Å². The minimum atomic E-state index is -0.605. The zero-order valence-electron chi connectivity index (χ0n) is 12.5. The van der Waals surface area contributed by atoms with Crippen molar-refractivity contribution < 1.29 is 13.2 Å². The second-order valence-electron chi connectivity index (χ2n) is 5.17. The maximum atomic E-state index is 14.0. The van der Waals surface area contributed by atoms with Gasteiger partial charge in [-0.25, -0.2) is 13.2 Å². The molecule has 0 spiro atoms. The number of hydrogen-bond acceptors (Lipinski definition) is 4. The summed E-state index contributed by atoms with van der Waals surface area (Å²) in [7, 11) is 0. The van der Waals surface area contributed by atoms with E-state index in [1.807, 2.05) is 0 Å². The first-order valence-corrected chi connectivity index (χ1v) is 8.03. The van der Waals surface area contributed by atoms with Crippen molar-refractivity contribution in [3.05, 3.63) is 70.5 Å². The van der Waals surface area contributed by atoms with Crippen LogP contribution in [0, 0.1) is 17.5 Å². The highest BCUT2D eigenvalue weighted by Gasteiger charge is 2.16. The van der Waals surface area contributed by atoms with E-state index in [1.165, 1.54) is 28.0 Å². The third-order valence-electron chi connectivity index (χ3n) is 3.46. The molecule has 0 saturated carbocycles. The van der Waals surface area contributed by atoms with Crippen LogP contribution >= 0.6 is 11.3 Å². The molecule has 124 valence electrons. The number of nitrogens with zero attached hydrogens (tertiary/aromatic N) is 4. The average molecular weight is 358 g/mol. The number of rotatable bonds is 3. The highest BCUT2D eigenvalue weighted by molar-refractivity contribution is 7.17. The molecule has 2 heterocycles. The predicted octanol–water partition coefficient (Wildman–Crippen LogP) is 4.44. The van der Waals surface area contributed by atoms with Crippen LogP contribution in [0.5, 0.6) is 0 Å². The van der Waals surface area contributed by atoms with Gasteiger partial charge in [-0.15, -0.1) is 10.2 Å². The van der Waals surface area contributed by atoms with E-state index in [2.05, 4.69) is 15.3 Å². The summed E-state index contributed by atoms with van der Waals surface area (Å²) >= 11 is 1.25. The molecule has 0 aliphatic carbocycles. The smallest absolute Gasteiger partial charge is 0.207 e. The molecular formula is C17H9F3N4S. The van der Waals surface area contributed by atoms with Crippen LogP contribution in [-0.4, -0.2) is 19.8 Å². The quantitative estimate of drug-likeness (QED) is 0.544. The first-order valence-electron chi connectivity index (χ1n) is 7.21. The van der Waals surface area contributed by atoms with Crippen molar-refractivity contribution in [1.29, 1.82) is 0 Å². The minimum absolute atomic E-state index is 0.00753. The van der Waals surface area contributed by atoms with Crippen molar-refractivity contribution in [2.45, 2.75) is 0 Å². The number of fused-ring (bicyclic) bond motifs is 1. The summed E-state index contributed by atoms with van der Waals surface area (Å²) in [5, 5.41) is 12.8. The molecule has 0 bridgehead atoms. The predicted molar refractivity (Wildman–Crippen MR) is 89.3 cm³/mol. The number of aromatic nitrogens is 4. The molecule has 4 rings (SSSR count). The van der Waals surface area contributed by atoms with Gasteiger partial charge in [-0.05, 0) is 42.0 Å². The molecule has 0 N–H and O–H groups in total. The largest absolute Gasteiger partial charge is 0.235 e. The summed E-state index contributed by atoms with van der Waals surface area (Å²) in [4.78, 5) is 0.456. The highest BCUT2D eigenvalue weighted by Crippen LogP contribution is 2.25. The molecule has 0 fully saturated rings. The van der Waals surface area contributed by atoms with Gasteiger partial charge in [0.05, 0.1) is 5.56 Å². The molecule has 0 unspecified atom stereocenters. The summed E-state index contributed by atoms with van der Waals surface area (Å²) in [6.45, 7) is 0. The van der Waals surface area contributed by atoms with Gasteiger partial charge in [0.25, 0.3) is 0 Å². The number of hydrogen-bond donors (Lipinski definition) is 0. The van der Waals surface area contributed by atoms with Crippen molar-refractivity contribution in [1.82, 2.24) is 19.8 Å². The highest BCUT2D eigenvalue weighted by atomic mass is 32.1. The molecule has 8 heteroatoms. The summed E-state index contributed by atoms with van der Waals surface area (Å²) in [5.41, 5.74) is 0.802. The normalized spacial score (nSPS) is 11.6. The van der Waals surface area contributed by atoms with Gasteiger partial charge in [-0.3, -0.25) is 0 Å². The van der Waals surface area contributed by atoms with E-state index >= 15 is 0 Å². The maximum absolute atomic E-state index is 14.0. The Morgan fingerprint density at radius 3 is 2.44 bits per heavy atom. The minimum Gasteiger partial charge on any atom is -0.207 e. The van der Waals surface area contributed by atoms with Gasteiger partial charge in [0.2, 0.25) is 4.96 Å². The van der Waals surface area contributed by atoms with Crippen LogP contribution in [0.2, 0.25) is 0 Å².